The summed E-state index contributed by atoms with van der Waals surface area (Å²) in [5, 5.41) is 0. The van der Waals surface area contributed by atoms with Crippen molar-refractivity contribution in [3.63, 3.8) is 0 Å². The first-order chi connectivity index (χ1) is 7.81. The van der Waals surface area contributed by atoms with Gasteiger partial charge in [-0.05, 0) is 18.7 Å². The van der Waals surface area contributed by atoms with Gasteiger partial charge in [-0.1, -0.05) is 28.9 Å². The Kier molecular flexibility index (Phi) is 4.94. The van der Waals surface area contributed by atoms with E-state index in [-0.39, 0.29) is 18.7 Å². The van der Waals surface area contributed by atoms with Crippen molar-refractivity contribution >= 4 is 15.9 Å². The molecule has 0 bridgehead atoms. The maximum atomic E-state index is 13.4. The van der Waals surface area contributed by atoms with Crippen molar-refractivity contribution in [3.05, 3.63) is 34.1 Å². The molecule has 0 saturated heterocycles. The molecule has 1 aromatic rings. The zero-order valence-electron chi connectivity index (χ0n) is 9.19. The molecule has 0 aliphatic heterocycles. The lowest BCUT2D eigenvalue weighted by atomic mass is 10.2. The number of hydrogen-bond donors (Lipinski definition) is 0. The van der Waals surface area contributed by atoms with Gasteiger partial charge in [-0.3, -0.25) is 4.90 Å². The van der Waals surface area contributed by atoms with Crippen LogP contribution in [0.5, 0.6) is 0 Å². The monoisotopic (exact) mass is 313 g/mol. The minimum absolute atomic E-state index is 0.0465. The fraction of sp³-hybridized carbons (Fsp3) is 0.455. The Labute approximate surface area is 106 Å². The minimum Gasteiger partial charge on any atom is -0.291 e. The summed E-state index contributed by atoms with van der Waals surface area (Å²) >= 11 is 3.09. The van der Waals surface area contributed by atoms with Crippen LogP contribution in [0.1, 0.15) is 12.5 Å². The van der Waals surface area contributed by atoms with E-state index in [9.17, 15) is 17.6 Å². The Morgan fingerprint density at radius 3 is 2.41 bits per heavy atom. The lowest BCUT2D eigenvalue weighted by molar-refractivity contribution is -0.146. The second kappa shape index (κ2) is 5.82. The topological polar surface area (TPSA) is 3.24 Å². The van der Waals surface area contributed by atoms with Crippen LogP contribution in [0.4, 0.5) is 17.6 Å². The molecule has 0 unspecified atom stereocenters. The molecule has 1 nitrogen and oxygen atoms in total. The van der Waals surface area contributed by atoms with Crippen molar-refractivity contribution in [2.24, 2.45) is 0 Å². The number of alkyl halides is 3. The van der Waals surface area contributed by atoms with E-state index in [2.05, 4.69) is 15.9 Å². The molecule has 0 atom stereocenters. The van der Waals surface area contributed by atoms with E-state index in [1.807, 2.05) is 0 Å². The summed E-state index contributed by atoms with van der Waals surface area (Å²) in [6.45, 7) is 0.756. The summed E-state index contributed by atoms with van der Waals surface area (Å²) in [5.74, 6) is -0.500. The van der Waals surface area contributed by atoms with Gasteiger partial charge in [0.1, 0.15) is 5.82 Å². The van der Waals surface area contributed by atoms with Crippen LogP contribution in [0.2, 0.25) is 0 Å². The lowest BCUT2D eigenvalue weighted by Crippen LogP contribution is -2.33. The van der Waals surface area contributed by atoms with E-state index >= 15 is 0 Å². The standard InChI is InChI=1S/C11H12BrF4N/c1-2-17(7-11(14,15)16)6-8-3-4-9(12)5-10(8)13/h3-5H,2,6-7H2,1H3. The zero-order chi connectivity index (χ0) is 13.1. The SMILES string of the molecule is CCN(Cc1ccc(Br)cc1F)CC(F)(F)F. The van der Waals surface area contributed by atoms with E-state index in [1.165, 1.54) is 12.1 Å². The van der Waals surface area contributed by atoms with Gasteiger partial charge in [0.15, 0.2) is 0 Å². The summed E-state index contributed by atoms with van der Waals surface area (Å²) in [5.41, 5.74) is 0.263. The second-order valence-electron chi connectivity index (χ2n) is 3.65. The van der Waals surface area contributed by atoms with Crippen molar-refractivity contribution in [1.82, 2.24) is 4.90 Å². The van der Waals surface area contributed by atoms with Crippen LogP contribution >= 0.6 is 15.9 Å². The van der Waals surface area contributed by atoms with Gasteiger partial charge in [-0.15, -0.1) is 0 Å². The van der Waals surface area contributed by atoms with E-state index in [0.717, 1.165) is 4.90 Å². The van der Waals surface area contributed by atoms with Gasteiger partial charge in [0.25, 0.3) is 0 Å². The molecule has 96 valence electrons. The van der Waals surface area contributed by atoms with E-state index in [1.54, 1.807) is 13.0 Å². The fourth-order valence-electron chi connectivity index (χ4n) is 1.42. The normalized spacial score (nSPS) is 12.2. The largest absolute Gasteiger partial charge is 0.401 e. The maximum Gasteiger partial charge on any atom is 0.401 e. The number of rotatable bonds is 4. The molecular formula is C11H12BrF4N. The quantitative estimate of drug-likeness (QED) is 0.760. The van der Waals surface area contributed by atoms with Crippen LogP contribution in [-0.4, -0.2) is 24.2 Å². The van der Waals surface area contributed by atoms with Crippen molar-refractivity contribution < 1.29 is 17.6 Å². The van der Waals surface area contributed by atoms with Gasteiger partial charge in [-0.2, -0.15) is 13.2 Å². The highest BCUT2D eigenvalue weighted by molar-refractivity contribution is 9.10. The highest BCUT2D eigenvalue weighted by Crippen LogP contribution is 2.20. The zero-order valence-corrected chi connectivity index (χ0v) is 10.8. The number of hydrogen-bond acceptors (Lipinski definition) is 1. The van der Waals surface area contributed by atoms with E-state index in [0.29, 0.717) is 4.47 Å². The van der Waals surface area contributed by atoms with Gasteiger partial charge in [0.2, 0.25) is 0 Å². The van der Waals surface area contributed by atoms with Crippen LogP contribution in [0.3, 0.4) is 0 Å². The summed E-state index contributed by atoms with van der Waals surface area (Å²) in [6.07, 6.45) is -4.26. The Balaban J connectivity index is 2.74. The smallest absolute Gasteiger partial charge is 0.291 e. The van der Waals surface area contributed by atoms with Crippen molar-refractivity contribution in [1.29, 1.82) is 0 Å². The average Bonchev–Trinajstić information content (AvgIpc) is 2.19. The van der Waals surface area contributed by atoms with Gasteiger partial charge in [0.05, 0.1) is 6.54 Å². The summed E-state index contributed by atoms with van der Waals surface area (Å²) in [4.78, 5) is 1.15. The second-order valence-corrected chi connectivity index (χ2v) is 4.57. The predicted molar refractivity (Wildman–Crippen MR) is 61.1 cm³/mol. The molecule has 0 amide bonds. The van der Waals surface area contributed by atoms with Gasteiger partial charge >= 0.3 is 6.18 Å². The Morgan fingerprint density at radius 1 is 1.29 bits per heavy atom. The third-order valence-electron chi connectivity index (χ3n) is 2.26. The molecule has 0 aliphatic rings. The first kappa shape index (κ1) is 14.4. The van der Waals surface area contributed by atoms with Gasteiger partial charge < -0.3 is 0 Å². The first-order valence-electron chi connectivity index (χ1n) is 5.05. The molecular weight excluding hydrogens is 302 g/mol. The van der Waals surface area contributed by atoms with Crippen molar-refractivity contribution in [3.8, 4) is 0 Å². The lowest BCUT2D eigenvalue weighted by Gasteiger charge is -2.22. The average molecular weight is 314 g/mol. The Bertz CT molecular complexity index is 378. The Hall–Kier alpha value is -0.620. The maximum absolute atomic E-state index is 13.4. The predicted octanol–water partition coefficient (Wildman–Crippen LogP) is 3.97. The highest BCUT2D eigenvalue weighted by atomic mass is 79.9. The van der Waals surface area contributed by atoms with Gasteiger partial charge in [-0.25, -0.2) is 4.39 Å². The molecule has 0 heterocycles. The number of benzene rings is 1. The van der Waals surface area contributed by atoms with Crippen molar-refractivity contribution in [2.75, 3.05) is 13.1 Å². The molecule has 6 heteroatoms. The minimum atomic E-state index is -4.26. The molecule has 1 aromatic carbocycles. The first-order valence-corrected chi connectivity index (χ1v) is 5.84. The van der Waals surface area contributed by atoms with Crippen molar-refractivity contribution in [2.45, 2.75) is 19.6 Å². The molecule has 0 radical (unpaired) electrons. The van der Waals surface area contributed by atoms with Gasteiger partial charge in [0, 0.05) is 16.6 Å². The fourth-order valence-corrected chi connectivity index (χ4v) is 1.76. The highest BCUT2D eigenvalue weighted by Gasteiger charge is 2.30. The van der Waals surface area contributed by atoms with E-state index < -0.39 is 18.5 Å². The summed E-state index contributed by atoms with van der Waals surface area (Å²) in [6, 6.07) is 4.34. The van der Waals surface area contributed by atoms with Crippen LogP contribution in [0, 0.1) is 5.82 Å². The Morgan fingerprint density at radius 2 is 1.94 bits per heavy atom. The molecule has 0 aliphatic carbocycles. The summed E-state index contributed by atoms with van der Waals surface area (Å²) < 4.78 is 50.7. The molecule has 0 N–H and O–H groups in total. The number of halogens is 5. The molecule has 0 fully saturated rings. The third-order valence-corrected chi connectivity index (χ3v) is 2.75. The molecule has 0 aromatic heterocycles. The van der Waals surface area contributed by atoms with Crippen LogP contribution in [-0.2, 0) is 6.54 Å². The van der Waals surface area contributed by atoms with Crippen LogP contribution in [0.15, 0.2) is 22.7 Å². The molecule has 1 rings (SSSR count). The summed E-state index contributed by atoms with van der Waals surface area (Å²) in [7, 11) is 0. The molecule has 17 heavy (non-hydrogen) atoms. The van der Waals surface area contributed by atoms with Crippen LogP contribution < -0.4 is 0 Å². The van der Waals surface area contributed by atoms with Crippen LogP contribution in [0.25, 0.3) is 0 Å². The molecule has 0 saturated carbocycles. The number of nitrogens with zero attached hydrogens (tertiary/aromatic N) is 1. The molecule has 0 spiro atoms. The van der Waals surface area contributed by atoms with E-state index in [4.69, 9.17) is 0 Å². The third kappa shape index (κ3) is 5.04.